The fourth-order valence-electron chi connectivity index (χ4n) is 3.27. The molecule has 0 saturated heterocycles. The summed E-state index contributed by atoms with van der Waals surface area (Å²) in [5.74, 6) is 0.0459. The average Bonchev–Trinajstić information content (AvgIpc) is 2.75. The van der Waals surface area contributed by atoms with Gasteiger partial charge in [-0.3, -0.25) is 0 Å². The lowest BCUT2D eigenvalue weighted by Crippen LogP contribution is -2.40. The van der Waals surface area contributed by atoms with E-state index in [1.165, 1.54) is 0 Å². The molecule has 2 rings (SSSR count). The molecule has 3 atom stereocenters. The van der Waals surface area contributed by atoms with Crippen molar-refractivity contribution in [2.45, 2.75) is 83.5 Å². The minimum absolute atomic E-state index is 0.248. The lowest BCUT2D eigenvalue weighted by molar-refractivity contribution is -0.133. The van der Waals surface area contributed by atoms with Crippen LogP contribution in [0, 0.1) is 0 Å². The van der Waals surface area contributed by atoms with Gasteiger partial charge in [-0.2, -0.15) is 0 Å². The van der Waals surface area contributed by atoms with E-state index >= 15 is 0 Å². The Balaban J connectivity index is 2.34. The maximum absolute atomic E-state index is 11.9. The first-order valence-electron chi connectivity index (χ1n) is 8.95. The quantitative estimate of drug-likeness (QED) is 0.462. The number of ether oxygens (including phenoxy) is 1. The van der Waals surface area contributed by atoms with Gasteiger partial charge in [0, 0.05) is 11.1 Å². The van der Waals surface area contributed by atoms with Crippen molar-refractivity contribution in [1.82, 2.24) is 0 Å². The summed E-state index contributed by atoms with van der Waals surface area (Å²) in [6.45, 7) is 7.01. The van der Waals surface area contributed by atoms with Crippen LogP contribution in [0.3, 0.4) is 0 Å². The molecule has 25 heavy (non-hydrogen) atoms. The van der Waals surface area contributed by atoms with Crippen LogP contribution < -0.4 is 0 Å². The summed E-state index contributed by atoms with van der Waals surface area (Å²) in [4.78, 5) is 11.9. The van der Waals surface area contributed by atoms with Crippen molar-refractivity contribution in [3.63, 3.8) is 0 Å². The Bertz CT molecular complexity index is 622. The van der Waals surface area contributed by atoms with Gasteiger partial charge < -0.3 is 20.1 Å². The Morgan fingerprint density at radius 3 is 2.52 bits per heavy atom. The molecule has 5 nitrogen and oxygen atoms in total. The van der Waals surface area contributed by atoms with Gasteiger partial charge in [0.15, 0.2) is 0 Å². The molecule has 0 aromatic rings. The number of hydrogen-bond donors (Lipinski definition) is 3. The Morgan fingerprint density at radius 1 is 1.16 bits per heavy atom. The summed E-state index contributed by atoms with van der Waals surface area (Å²) in [6.07, 6.45) is 5.76. The molecule has 0 bridgehead atoms. The Morgan fingerprint density at radius 2 is 1.84 bits per heavy atom. The van der Waals surface area contributed by atoms with Gasteiger partial charge in [-0.1, -0.05) is 11.6 Å². The second kappa shape index (κ2) is 7.44. The highest BCUT2D eigenvalue weighted by atomic mass is 16.5. The molecule has 0 amide bonds. The third-order valence-electron chi connectivity index (χ3n) is 5.26. The molecule has 1 aliphatic heterocycles. The highest BCUT2D eigenvalue weighted by Crippen LogP contribution is 2.34. The van der Waals surface area contributed by atoms with Crippen LogP contribution in [0.1, 0.15) is 66.2 Å². The highest BCUT2D eigenvalue weighted by Gasteiger charge is 2.33. The standard InChI is InChI=1S/C20H30O5/c1-13-6-5-10-20(4,24)17(21)9-11-19(3,23)12-16-15(8-7-13)14(2)18(22)25-16/h6,12,17,21,23-24H,5,7-11H2,1-4H3/b13-6+,16-12-/t17-,19-,20+/m0/s1. The molecule has 0 saturated carbocycles. The lowest BCUT2D eigenvalue weighted by atomic mass is 9.86. The van der Waals surface area contributed by atoms with Crippen LogP contribution in [0.5, 0.6) is 0 Å². The van der Waals surface area contributed by atoms with Gasteiger partial charge in [-0.25, -0.2) is 4.79 Å². The first-order chi connectivity index (χ1) is 11.5. The van der Waals surface area contributed by atoms with Crippen LogP contribution in [-0.2, 0) is 9.53 Å². The van der Waals surface area contributed by atoms with Crippen LogP contribution in [-0.4, -0.2) is 38.6 Å². The zero-order valence-electron chi connectivity index (χ0n) is 15.6. The number of fused-ring (bicyclic) bond motifs is 1. The molecular formula is C20H30O5. The molecule has 0 aromatic heterocycles. The van der Waals surface area contributed by atoms with Crippen LogP contribution in [0.15, 0.2) is 34.6 Å². The van der Waals surface area contributed by atoms with E-state index in [4.69, 9.17) is 4.74 Å². The van der Waals surface area contributed by atoms with Crippen molar-refractivity contribution in [1.29, 1.82) is 0 Å². The number of esters is 1. The molecule has 2 aliphatic rings. The molecular weight excluding hydrogens is 320 g/mol. The smallest absolute Gasteiger partial charge is 0.339 e. The van der Waals surface area contributed by atoms with Gasteiger partial charge in [0.25, 0.3) is 0 Å². The monoisotopic (exact) mass is 350 g/mol. The summed E-state index contributed by atoms with van der Waals surface area (Å²) in [5.41, 5.74) is 0.143. The summed E-state index contributed by atoms with van der Waals surface area (Å²) >= 11 is 0. The zero-order chi connectivity index (χ0) is 18.8. The van der Waals surface area contributed by atoms with Gasteiger partial charge >= 0.3 is 5.97 Å². The van der Waals surface area contributed by atoms with Crippen LogP contribution >= 0.6 is 0 Å². The SMILES string of the molecule is CC1=C2CC/C(C)=C/CC[C@@](C)(O)[C@@H](O)CC[C@](C)(O)/C=C/2OC1=O. The van der Waals surface area contributed by atoms with Gasteiger partial charge in [0.05, 0.1) is 17.3 Å². The van der Waals surface area contributed by atoms with Gasteiger partial charge in [0.1, 0.15) is 5.76 Å². The highest BCUT2D eigenvalue weighted by molar-refractivity contribution is 5.93. The Labute approximate surface area is 149 Å². The van der Waals surface area contributed by atoms with Crippen LogP contribution in [0.2, 0.25) is 0 Å². The third-order valence-corrected chi connectivity index (χ3v) is 5.26. The minimum Gasteiger partial charge on any atom is -0.423 e. The van der Waals surface area contributed by atoms with E-state index in [2.05, 4.69) is 6.08 Å². The van der Waals surface area contributed by atoms with E-state index in [1.807, 2.05) is 6.92 Å². The zero-order valence-corrected chi connectivity index (χ0v) is 15.6. The van der Waals surface area contributed by atoms with Crippen LogP contribution in [0.25, 0.3) is 0 Å². The maximum Gasteiger partial charge on any atom is 0.339 e. The number of allylic oxidation sites excluding steroid dienone is 3. The second-order valence-corrected chi connectivity index (χ2v) is 7.86. The minimum atomic E-state index is -1.24. The van der Waals surface area contributed by atoms with E-state index in [9.17, 15) is 20.1 Å². The molecule has 0 spiro atoms. The maximum atomic E-state index is 11.9. The molecule has 0 unspecified atom stereocenters. The largest absolute Gasteiger partial charge is 0.423 e. The topological polar surface area (TPSA) is 87.0 Å². The molecule has 0 fully saturated rings. The van der Waals surface area contributed by atoms with Crippen molar-refractivity contribution in [2.75, 3.05) is 0 Å². The van der Waals surface area contributed by atoms with E-state index in [1.54, 1.807) is 26.8 Å². The third kappa shape index (κ3) is 5.03. The van der Waals surface area contributed by atoms with Crippen molar-refractivity contribution < 1.29 is 24.9 Å². The van der Waals surface area contributed by atoms with Gasteiger partial charge in [0.2, 0.25) is 0 Å². The van der Waals surface area contributed by atoms with Crippen LogP contribution in [0.4, 0.5) is 0 Å². The first kappa shape index (κ1) is 19.9. The number of aliphatic hydroxyl groups is 3. The Kier molecular flexibility index (Phi) is 5.92. The number of hydrogen-bond acceptors (Lipinski definition) is 5. The number of carbonyl (C=O) groups is 1. The summed E-state index contributed by atoms with van der Waals surface area (Å²) in [5, 5.41) is 31.4. The molecule has 1 aliphatic carbocycles. The second-order valence-electron chi connectivity index (χ2n) is 7.86. The predicted molar refractivity (Wildman–Crippen MR) is 95.6 cm³/mol. The fourth-order valence-corrected chi connectivity index (χ4v) is 3.27. The van der Waals surface area contributed by atoms with Gasteiger partial charge in [-0.15, -0.1) is 0 Å². The summed E-state index contributed by atoms with van der Waals surface area (Å²) in [7, 11) is 0. The van der Waals surface area contributed by atoms with Crippen molar-refractivity contribution >= 4 is 5.97 Å². The molecule has 1 heterocycles. The average molecular weight is 350 g/mol. The van der Waals surface area contributed by atoms with E-state index in [-0.39, 0.29) is 18.8 Å². The molecule has 0 radical (unpaired) electrons. The fraction of sp³-hybridized carbons (Fsp3) is 0.650. The molecule has 140 valence electrons. The number of carbonyl (C=O) groups excluding carboxylic acids is 1. The normalized spacial score (nSPS) is 39.6. The van der Waals surface area contributed by atoms with E-state index in [0.717, 1.165) is 17.6 Å². The van der Waals surface area contributed by atoms with E-state index in [0.29, 0.717) is 30.6 Å². The number of aliphatic hydroxyl groups excluding tert-OH is 1. The Hall–Kier alpha value is -1.43. The number of rotatable bonds is 0. The van der Waals surface area contributed by atoms with E-state index < -0.39 is 17.3 Å². The first-order valence-corrected chi connectivity index (χ1v) is 8.95. The molecule has 3 N–H and O–H groups in total. The van der Waals surface area contributed by atoms with Crippen molar-refractivity contribution in [3.05, 3.63) is 34.6 Å². The summed E-state index contributed by atoms with van der Waals surface area (Å²) in [6, 6.07) is 0. The lowest BCUT2D eigenvalue weighted by Gasteiger charge is -2.31. The molecule has 5 heteroatoms. The summed E-state index contributed by atoms with van der Waals surface area (Å²) < 4.78 is 5.33. The predicted octanol–water partition coefficient (Wildman–Crippen LogP) is 2.91. The van der Waals surface area contributed by atoms with Crippen molar-refractivity contribution in [3.8, 4) is 0 Å². The van der Waals surface area contributed by atoms with Gasteiger partial charge in [-0.05, 0) is 72.3 Å². The molecule has 0 aromatic carbocycles. The van der Waals surface area contributed by atoms with Crippen molar-refractivity contribution in [2.24, 2.45) is 0 Å².